The first-order valence-corrected chi connectivity index (χ1v) is 10.6. The number of thiophene rings is 1. The van der Waals surface area contributed by atoms with Gasteiger partial charge in [0.25, 0.3) is 0 Å². The van der Waals surface area contributed by atoms with Crippen LogP contribution in [0.15, 0.2) is 46.8 Å². The molecule has 1 fully saturated rings. The Morgan fingerprint density at radius 3 is 2.86 bits per heavy atom. The molecule has 1 aliphatic heterocycles. The molecule has 4 nitrogen and oxygen atoms in total. The molecule has 2 aromatic rings. The number of benzene rings is 1. The lowest BCUT2D eigenvalue weighted by molar-refractivity contribution is 0.169. The van der Waals surface area contributed by atoms with E-state index in [2.05, 4.69) is 38.0 Å². The van der Waals surface area contributed by atoms with Crippen molar-refractivity contribution >= 4 is 41.3 Å². The molecule has 7 heteroatoms. The molecule has 1 unspecified atom stereocenters. The largest absolute Gasteiger partial charge is 0.357 e. The molecule has 0 bridgehead atoms. The van der Waals surface area contributed by atoms with E-state index in [1.54, 1.807) is 12.1 Å². The first-order chi connectivity index (χ1) is 13.2. The van der Waals surface area contributed by atoms with Gasteiger partial charge in [-0.1, -0.05) is 24.3 Å². The summed E-state index contributed by atoms with van der Waals surface area (Å²) in [5.41, 5.74) is 0.620. The second-order valence-electron chi connectivity index (χ2n) is 6.99. The van der Waals surface area contributed by atoms with Crippen molar-refractivity contribution in [3.05, 3.63) is 58.0 Å². The Bertz CT molecular complexity index is 723. The molecule has 1 aliphatic rings. The van der Waals surface area contributed by atoms with Gasteiger partial charge in [0.1, 0.15) is 5.82 Å². The van der Waals surface area contributed by atoms with E-state index in [1.165, 1.54) is 30.3 Å². The van der Waals surface area contributed by atoms with Crippen molar-refractivity contribution in [3.8, 4) is 0 Å². The van der Waals surface area contributed by atoms with E-state index < -0.39 is 0 Å². The number of halogens is 2. The topological polar surface area (TPSA) is 39.7 Å². The van der Waals surface area contributed by atoms with Gasteiger partial charge in [-0.15, -0.1) is 35.3 Å². The summed E-state index contributed by atoms with van der Waals surface area (Å²) < 4.78 is 13.8. The smallest absolute Gasteiger partial charge is 0.191 e. The molecule has 0 saturated carbocycles. The van der Waals surface area contributed by atoms with Crippen LogP contribution < -0.4 is 10.6 Å². The summed E-state index contributed by atoms with van der Waals surface area (Å²) in [4.78, 5) is 8.53. The molecule has 0 spiro atoms. The van der Waals surface area contributed by atoms with Crippen LogP contribution in [0.4, 0.5) is 4.39 Å². The number of nitrogens with one attached hydrogen (secondary N) is 2. The van der Waals surface area contributed by atoms with Gasteiger partial charge in [0.2, 0.25) is 0 Å². The third-order valence-electron chi connectivity index (χ3n) is 4.83. The summed E-state index contributed by atoms with van der Waals surface area (Å²) >= 11 is 1.83. The average molecular weight is 516 g/mol. The molecule has 2 N–H and O–H groups in total. The van der Waals surface area contributed by atoms with E-state index >= 15 is 0 Å². The Morgan fingerprint density at radius 2 is 2.11 bits per heavy atom. The van der Waals surface area contributed by atoms with Crippen molar-refractivity contribution in [2.75, 3.05) is 26.2 Å². The zero-order valence-corrected chi connectivity index (χ0v) is 19.5. The third-order valence-corrected chi connectivity index (χ3v) is 5.69. The van der Waals surface area contributed by atoms with Gasteiger partial charge in [-0.2, -0.15) is 0 Å². The molecule has 1 aromatic heterocycles. The van der Waals surface area contributed by atoms with Crippen LogP contribution >= 0.6 is 35.3 Å². The number of rotatable bonds is 7. The highest BCUT2D eigenvalue weighted by Crippen LogP contribution is 2.20. The van der Waals surface area contributed by atoms with Crippen LogP contribution in [-0.2, 0) is 13.1 Å². The molecule has 0 radical (unpaired) electrons. The number of hydrogen-bond donors (Lipinski definition) is 2. The van der Waals surface area contributed by atoms with Gasteiger partial charge in [0.15, 0.2) is 5.96 Å². The Balaban J connectivity index is 0.00000280. The van der Waals surface area contributed by atoms with Crippen molar-refractivity contribution < 1.29 is 4.39 Å². The van der Waals surface area contributed by atoms with Crippen molar-refractivity contribution in [1.82, 2.24) is 15.5 Å². The Kier molecular flexibility index (Phi) is 10.2. The third kappa shape index (κ3) is 7.33. The van der Waals surface area contributed by atoms with Gasteiger partial charge in [-0.05, 0) is 49.7 Å². The number of likely N-dealkylation sites (tertiary alicyclic amines) is 1. The number of hydrogen-bond acceptors (Lipinski definition) is 3. The van der Waals surface area contributed by atoms with Crippen molar-refractivity contribution in [3.63, 3.8) is 0 Å². The summed E-state index contributed by atoms with van der Waals surface area (Å²) in [5, 5.41) is 8.86. The summed E-state index contributed by atoms with van der Waals surface area (Å²) in [5.74, 6) is 1.17. The van der Waals surface area contributed by atoms with E-state index in [0.717, 1.165) is 32.1 Å². The quantitative estimate of drug-likeness (QED) is 0.324. The molecule has 0 aliphatic carbocycles. The standard InChI is InChI=1S/C21H29FN4S.HI/c1-2-23-21(25-14-18-8-3-4-10-20(18)22)24-13-17-7-5-11-26(15-17)16-19-9-6-12-27-19;/h3-4,6,8-10,12,17H,2,5,7,11,13-16H2,1H3,(H2,23,24,25);1H. The summed E-state index contributed by atoms with van der Waals surface area (Å²) in [6.45, 7) is 7.41. The van der Waals surface area contributed by atoms with Gasteiger partial charge in [-0.25, -0.2) is 9.38 Å². The first kappa shape index (κ1) is 23.1. The lowest BCUT2D eigenvalue weighted by Crippen LogP contribution is -2.44. The van der Waals surface area contributed by atoms with E-state index in [4.69, 9.17) is 0 Å². The summed E-state index contributed by atoms with van der Waals surface area (Å²) in [7, 11) is 0. The molecule has 28 heavy (non-hydrogen) atoms. The fourth-order valence-electron chi connectivity index (χ4n) is 3.46. The highest BCUT2D eigenvalue weighted by Gasteiger charge is 2.20. The fourth-order valence-corrected chi connectivity index (χ4v) is 4.20. The number of piperidine rings is 1. The number of nitrogens with zero attached hydrogens (tertiary/aromatic N) is 2. The van der Waals surface area contributed by atoms with Crippen LogP contribution in [0, 0.1) is 11.7 Å². The zero-order valence-electron chi connectivity index (χ0n) is 16.4. The van der Waals surface area contributed by atoms with Crippen molar-refractivity contribution in [2.45, 2.75) is 32.9 Å². The van der Waals surface area contributed by atoms with Crippen LogP contribution in [0.1, 0.15) is 30.2 Å². The minimum Gasteiger partial charge on any atom is -0.357 e. The second-order valence-corrected chi connectivity index (χ2v) is 8.02. The second kappa shape index (κ2) is 12.4. The van der Waals surface area contributed by atoms with Crippen LogP contribution in [-0.4, -0.2) is 37.0 Å². The minimum atomic E-state index is -0.200. The summed E-state index contributed by atoms with van der Waals surface area (Å²) in [6.07, 6.45) is 2.47. The molecule has 1 aromatic carbocycles. The van der Waals surface area contributed by atoms with Gasteiger partial charge >= 0.3 is 0 Å². The fraction of sp³-hybridized carbons (Fsp3) is 0.476. The van der Waals surface area contributed by atoms with Crippen LogP contribution in [0.5, 0.6) is 0 Å². The van der Waals surface area contributed by atoms with Crippen LogP contribution in [0.2, 0.25) is 0 Å². The molecule has 3 rings (SSSR count). The maximum absolute atomic E-state index is 13.8. The predicted molar refractivity (Wildman–Crippen MR) is 127 cm³/mol. The molecule has 2 heterocycles. The van der Waals surface area contributed by atoms with Crippen LogP contribution in [0.25, 0.3) is 0 Å². The minimum absolute atomic E-state index is 0. The Morgan fingerprint density at radius 1 is 1.25 bits per heavy atom. The highest BCUT2D eigenvalue weighted by atomic mass is 127. The van der Waals surface area contributed by atoms with Crippen molar-refractivity contribution in [2.24, 2.45) is 10.9 Å². The summed E-state index contributed by atoms with van der Waals surface area (Å²) in [6, 6.07) is 11.2. The van der Waals surface area contributed by atoms with Crippen LogP contribution in [0.3, 0.4) is 0 Å². The maximum atomic E-state index is 13.8. The predicted octanol–water partition coefficient (Wildman–Crippen LogP) is 4.47. The van der Waals surface area contributed by atoms with Gasteiger partial charge in [0.05, 0.1) is 6.54 Å². The number of aliphatic imine (C=N–C) groups is 1. The first-order valence-electron chi connectivity index (χ1n) is 9.75. The van der Waals surface area contributed by atoms with E-state index in [-0.39, 0.29) is 29.8 Å². The van der Waals surface area contributed by atoms with Gasteiger partial charge in [-0.3, -0.25) is 4.90 Å². The maximum Gasteiger partial charge on any atom is 0.191 e. The average Bonchev–Trinajstić information content (AvgIpc) is 3.18. The SMILES string of the molecule is CCNC(=NCc1ccccc1F)NCC1CCCN(Cc2cccs2)C1.I. The van der Waals surface area contributed by atoms with E-state index in [1.807, 2.05) is 24.3 Å². The lowest BCUT2D eigenvalue weighted by Gasteiger charge is -2.32. The van der Waals surface area contributed by atoms with Gasteiger partial charge in [0, 0.05) is 36.6 Å². The van der Waals surface area contributed by atoms with Gasteiger partial charge < -0.3 is 10.6 Å². The molecule has 1 atom stereocenters. The molecular formula is C21H30FIN4S. The molecule has 0 amide bonds. The Hall–Kier alpha value is -1.19. The number of guanidine groups is 1. The highest BCUT2D eigenvalue weighted by molar-refractivity contribution is 14.0. The van der Waals surface area contributed by atoms with Crippen molar-refractivity contribution in [1.29, 1.82) is 0 Å². The van der Waals surface area contributed by atoms with E-state index in [9.17, 15) is 4.39 Å². The Labute approximate surface area is 188 Å². The zero-order chi connectivity index (χ0) is 18.9. The molecule has 1 saturated heterocycles. The monoisotopic (exact) mass is 516 g/mol. The van der Waals surface area contributed by atoms with E-state index in [0.29, 0.717) is 18.0 Å². The normalized spacial score (nSPS) is 17.8. The molecular weight excluding hydrogens is 486 g/mol. The molecule has 154 valence electrons. The lowest BCUT2D eigenvalue weighted by atomic mass is 9.98.